The zero-order valence-electron chi connectivity index (χ0n) is 15.8. The van der Waals surface area contributed by atoms with Gasteiger partial charge in [0.25, 0.3) is 5.91 Å². The molecule has 1 aliphatic heterocycles. The molecule has 1 saturated heterocycles. The third-order valence-electron chi connectivity index (χ3n) is 4.40. The van der Waals surface area contributed by atoms with Gasteiger partial charge in [0.1, 0.15) is 4.32 Å². The summed E-state index contributed by atoms with van der Waals surface area (Å²) in [5, 5.41) is 11.8. The van der Waals surface area contributed by atoms with Crippen molar-refractivity contribution in [2.75, 3.05) is 14.2 Å². The van der Waals surface area contributed by atoms with Gasteiger partial charge in [-0.2, -0.15) is 0 Å². The molecule has 6 nitrogen and oxygen atoms in total. The Labute approximate surface area is 178 Å². The van der Waals surface area contributed by atoms with Gasteiger partial charge in [0, 0.05) is 5.56 Å². The van der Waals surface area contributed by atoms with Gasteiger partial charge in [-0.1, -0.05) is 66.4 Å². The topological polar surface area (TPSA) is 78.9 Å². The summed E-state index contributed by atoms with van der Waals surface area (Å²) < 4.78 is 10.8. The Balaban J connectivity index is 1.93. The molecule has 0 N–H and O–H groups in total. The fraction of sp³-hybridized carbons (Fsp3) is 0.190. The summed E-state index contributed by atoms with van der Waals surface area (Å²) in [5.41, 5.74) is 1.40. The van der Waals surface area contributed by atoms with E-state index in [1.54, 1.807) is 48.5 Å². The van der Waals surface area contributed by atoms with Crippen molar-refractivity contribution < 1.29 is 24.2 Å². The molecule has 1 aliphatic rings. The summed E-state index contributed by atoms with van der Waals surface area (Å²) in [7, 11) is 3.03. The number of hydrogen-bond acceptors (Lipinski definition) is 7. The largest absolute Gasteiger partial charge is 0.548 e. The lowest BCUT2D eigenvalue weighted by Crippen LogP contribution is -2.51. The maximum Gasteiger partial charge on any atom is 0.266 e. The molecule has 0 spiro atoms. The number of carbonyl (C=O) groups excluding carboxylic acids is 2. The first-order valence-electron chi connectivity index (χ1n) is 8.69. The number of carboxylic acid groups (broad SMARTS) is 1. The maximum atomic E-state index is 13.0. The van der Waals surface area contributed by atoms with Crippen LogP contribution in [0.15, 0.2) is 53.4 Å². The van der Waals surface area contributed by atoms with E-state index in [1.807, 2.05) is 6.07 Å². The molecule has 0 unspecified atom stereocenters. The van der Waals surface area contributed by atoms with Gasteiger partial charge in [-0.15, -0.1) is 0 Å². The summed E-state index contributed by atoms with van der Waals surface area (Å²) in [6, 6.07) is 13.1. The third-order valence-corrected chi connectivity index (χ3v) is 5.73. The first-order chi connectivity index (χ1) is 14.0. The zero-order valence-corrected chi connectivity index (χ0v) is 17.4. The molecule has 0 aliphatic carbocycles. The molecule has 1 fully saturated rings. The predicted molar refractivity (Wildman–Crippen MR) is 113 cm³/mol. The average molecular weight is 429 g/mol. The third kappa shape index (κ3) is 4.44. The van der Waals surface area contributed by atoms with Gasteiger partial charge in [0.15, 0.2) is 11.5 Å². The number of benzene rings is 2. The molecule has 0 saturated carbocycles. The van der Waals surface area contributed by atoms with Gasteiger partial charge in [-0.3, -0.25) is 9.69 Å². The smallest absolute Gasteiger partial charge is 0.266 e. The van der Waals surface area contributed by atoms with Gasteiger partial charge in [-0.25, -0.2) is 0 Å². The fourth-order valence-electron chi connectivity index (χ4n) is 3.03. The molecular weight excluding hydrogens is 410 g/mol. The van der Waals surface area contributed by atoms with Crippen molar-refractivity contribution in [3.63, 3.8) is 0 Å². The molecule has 3 rings (SSSR count). The van der Waals surface area contributed by atoms with Crippen LogP contribution in [0.25, 0.3) is 6.08 Å². The Bertz CT molecular complexity index is 974. The van der Waals surface area contributed by atoms with Crippen molar-refractivity contribution in [2.45, 2.75) is 12.5 Å². The van der Waals surface area contributed by atoms with Gasteiger partial charge in [0.2, 0.25) is 0 Å². The van der Waals surface area contributed by atoms with Crippen LogP contribution in [0.1, 0.15) is 11.1 Å². The van der Waals surface area contributed by atoms with Crippen LogP contribution in [0.4, 0.5) is 0 Å². The van der Waals surface area contributed by atoms with Crippen LogP contribution < -0.4 is 14.6 Å². The van der Waals surface area contributed by atoms with E-state index in [-0.39, 0.29) is 10.7 Å². The normalized spacial score (nSPS) is 16.2. The van der Waals surface area contributed by atoms with E-state index in [1.165, 1.54) is 14.2 Å². The predicted octanol–water partition coefficient (Wildman–Crippen LogP) is 2.27. The first kappa shape index (κ1) is 20.9. The summed E-state index contributed by atoms with van der Waals surface area (Å²) in [6.07, 6.45) is 1.72. The molecule has 29 heavy (non-hydrogen) atoms. The Hall–Kier alpha value is -2.84. The van der Waals surface area contributed by atoms with Crippen LogP contribution in [-0.2, 0) is 16.0 Å². The highest BCUT2D eigenvalue weighted by Crippen LogP contribution is 2.38. The van der Waals surface area contributed by atoms with E-state index < -0.39 is 17.9 Å². The van der Waals surface area contributed by atoms with Gasteiger partial charge >= 0.3 is 0 Å². The van der Waals surface area contributed by atoms with Crippen LogP contribution in [0.5, 0.6) is 11.5 Å². The number of ether oxygens (including phenoxy) is 2. The number of methoxy groups -OCH3 is 2. The Morgan fingerprint density at radius 1 is 1.17 bits per heavy atom. The average Bonchev–Trinajstić information content (AvgIpc) is 2.99. The second kappa shape index (κ2) is 9.11. The van der Waals surface area contributed by atoms with E-state index in [2.05, 4.69) is 0 Å². The van der Waals surface area contributed by atoms with Crippen LogP contribution in [0.2, 0.25) is 0 Å². The molecule has 8 heteroatoms. The number of thiocarbonyl (C=S) groups is 1. The first-order valence-corrected chi connectivity index (χ1v) is 9.91. The minimum atomic E-state index is -1.36. The van der Waals surface area contributed by atoms with Crippen molar-refractivity contribution in [1.29, 1.82) is 0 Å². The highest BCUT2D eigenvalue weighted by molar-refractivity contribution is 8.26. The molecule has 2 aromatic carbocycles. The second-order valence-corrected chi connectivity index (χ2v) is 7.83. The lowest BCUT2D eigenvalue weighted by Gasteiger charge is -2.27. The van der Waals surface area contributed by atoms with Crippen molar-refractivity contribution in [3.8, 4) is 11.5 Å². The Morgan fingerprint density at radius 2 is 1.90 bits per heavy atom. The lowest BCUT2D eigenvalue weighted by atomic mass is 10.0. The van der Waals surface area contributed by atoms with Gasteiger partial charge < -0.3 is 19.4 Å². The Kier molecular flexibility index (Phi) is 6.56. The number of hydrogen-bond donors (Lipinski definition) is 0. The van der Waals surface area contributed by atoms with Crippen LogP contribution in [-0.4, -0.2) is 41.4 Å². The molecule has 0 bridgehead atoms. The molecule has 2 aromatic rings. The quantitative estimate of drug-likeness (QED) is 0.494. The minimum absolute atomic E-state index is 0.103. The van der Waals surface area contributed by atoms with E-state index >= 15 is 0 Å². The number of thioether (sulfide) groups is 1. The molecule has 0 radical (unpaired) electrons. The SMILES string of the molecule is COc1cccc(/C=C2\SC(=S)N([C@H](Cc3ccccc3)C(=O)[O-])C2=O)c1OC. The van der Waals surface area contributed by atoms with E-state index in [9.17, 15) is 14.7 Å². The summed E-state index contributed by atoms with van der Waals surface area (Å²) in [4.78, 5) is 26.2. The minimum Gasteiger partial charge on any atom is -0.548 e. The Morgan fingerprint density at radius 3 is 2.52 bits per heavy atom. The van der Waals surface area contributed by atoms with Crippen LogP contribution in [0.3, 0.4) is 0 Å². The highest BCUT2D eigenvalue weighted by atomic mass is 32.2. The number of carboxylic acids is 1. The van der Waals surface area contributed by atoms with E-state index in [4.69, 9.17) is 21.7 Å². The van der Waals surface area contributed by atoms with Gasteiger partial charge in [-0.05, 0) is 24.1 Å². The van der Waals surface area contributed by atoms with Crippen molar-refractivity contribution in [2.24, 2.45) is 0 Å². The van der Waals surface area contributed by atoms with Crippen LogP contribution in [0, 0.1) is 0 Å². The second-order valence-electron chi connectivity index (χ2n) is 6.16. The molecule has 1 atom stereocenters. The maximum absolute atomic E-state index is 13.0. The molecular formula is C21H18NO5S2-. The molecule has 150 valence electrons. The molecule has 0 aromatic heterocycles. The summed E-state index contributed by atoms with van der Waals surface area (Å²) in [6.45, 7) is 0. The van der Waals surface area contributed by atoms with E-state index in [0.29, 0.717) is 22.0 Å². The van der Waals surface area contributed by atoms with Gasteiger partial charge in [0.05, 0.1) is 31.1 Å². The highest BCUT2D eigenvalue weighted by Gasteiger charge is 2.38. The number of para-hydroxylation sites is 1. The number of nitrogens with zero attached hydrogens (tertiary/aromatic N) is 1. The lowest BCUT2D eigenvalue weighted by molar-refractivity contribution is -0.310. The zero-order chi connectivity index (χ0) is 21.0. The standard InChI is InChI=1S/C21H19NO5S2/c1-26-16-10-6-9-14(18(16)27-2)12-17-19(23)22(21(28)29-17)15(20(24)25)11-13-7-4-3-5-8-13/h3-10,12,15H,11H2,1-2H3,(H,24,25)/p-1/b17-12-/t15-/m1/s1. The van der Waals surface area contributed by atoms with Crippen LogP contribution >= 0.6 is 24.0 Å². The number of amides is 1. The van der Waals surface area contributed by atoms with Crippen molar-refractivity contribution in [1.82, 2.24) is 4.90 Å². The molecule has 1 amide bonds. The van der Waals surface area contributed by atoms with Crippen molar-refractivity contribution in [3.05, 3.63) is 64.6 Å². The van der Waals surface area contributed by atoms with Crippen molar-refractivity contribution >= 4 is 46.3 Å². The fourth-order valence-corrected chi connectivity index (χ4v) is 4.38. The summed E-state index contributed by atoms with van der Waals surface area (Å²) in [5.74, 6) is -0.838. The number of carbonyl (C=O) groups is 2. The molecule has 1 heterocycles. The number of rotatable bonds is 7. The summed E-state index contributed by atoms with van der Waals surface area (Å²) >= 11 is 6.36. The number of aliphatic carboxylic acids is 1. The van der Waals surface area contributed by atoms with E-state index in [0.717, 1.165) is 22.2 Å². The monoisotopic (exact) mass is 428 g/mol.